The van der Waals surface area contributed by atoms with E-state index in [0.717, 1.165) is 43.4 Å². The molecule has 0 aromatic heterocycles. The van der Waals surface area contributed by atoms with Crippen LogP contribution in [0.15, 0.2) is 0 Å². The van der Waals surface area contributed by atoms with Gasteiger partial charge in [0.15, 0.2) is 6.29 Å². The topological polar surface area (TPSA) is 38.7 Å². The van der Waals surface area contributed by atoms with Gasteiger partial charge in [0.25, 0.3) is 0 Å². The first kappa shape index (κ1) is 24.0. The third-order valence-electron chi connectivity index (χ3n) is 11.9. The zero-order chi connectivity index (χ0) is 26.6. The maximum Gasteiger partial charge on any atom is 0.157 e. The first-order valence-electron chi connectivity index (χ1n) is 16.5. The van der Waals surface area contributed by atoms with E-state index in [4.69, 9.17) is 10.8 Å². The molecule has 1 heterocycles. The van der Waals surface area contributed by atoms with Crippen molar-refractivity contribution in [2.75, 3.05) is 6.61 Å². The van der Waals surface area contributed by atoms with Crippen LogP contribution in [0.5, 0.6) is 0 Å². The van der Waals surface area contributed by atoms with Crippen LogP contribution in [0.3, 0.4) is 0 Å². The van der Waals surface area contributed by atoms with E-state index in [1.807, 2.05) is 0 Å². The number of hydrogen-bond acceptors (Lipinski definition) is 3. The van der Waals surface area contributed by atoms with E-state index in [0.29, 0.717) is 42.6 Å². The molecule has 12 atom stereocenters. The van der Waals surface area contributed by atoms with Gasteiger partial charge in [0.2, 0.25) is 0 Å². The Balaban J connectivity index is 1.30. The molecule has 5 aliphatic rings. The second-order valence-corrected chi connectivity index (χ2v) is 14.3. The Morgan fingerprint density at radius 3 is 2.51 bits per heavy atom. The van der Waals surface area contributed by atoms with Gasteiger partial charge in [0, 0.05) is 7.98 Å². The van der Waals surface area contributed by atoms with Crippen LogP contribution in [0.1, 0.15) is 127 Å². The highest BCUT2D eigenvalue weighted by Gasteiger charge is 2.62. The minimum Gasteiger partial charge on any atom is -0.393 e. The van der Waals surface area contributed by atoms with Crippen molar-refractivity contribution in [2.24, 2.45) is 52.3 Å². The molecule has 1 N–H and O–H groups in total. The zero-order valence-electron chi connectivity index (χ0n) is 25.4. The Labute approximate surface area is 219 Å². The third-order valence-corrected chi connectivity index (χ3v) is 11.9. The number of aliphatic hydroxyl groups excluding tert-OH is 1. The number of fused-ring (bicyclic) bond motifs is 5. The molecule has 1 unspecified atom stereocenters. The SMILES string of the molecule is [2H][C@@H]1C[C@@]2(C)[C@H](C[C@@]1([2H])OC1CCCCO1)[C@H](O)C[C@@H]1[C@@H]2CC[C@]2(C)[C@@H]([C@H](C)CCCC(C)C)CC[C@@H]12. The fourth-order valence-electron chi connectivity index (χ4n) is 9.99. The van der Waals surface area contributed by atoms with Crippen molar-refractivity contribution < 1.29 is 17.3 Å². The molecule has 5 fully saturated rings. The van der Waals surface area contributed by atoms with E-state index in [1.165, 1.54) is 44.9 Å². The molecule has 5 rings (SSSR count). The Morgan fingerprint density at radius 1 is 0.971 bits per heavy atom. The van der Waals surface area contributed by atoms with E-state index in [2.05, 4.69) is 34.6 Å². The summed E-state index contributed by atoms with van der Waals surface area (Å²) < 4.78 is 30.3. The normalized spacial score (nSPS) is 53.8. The van der Waals surface area contributed by atoms with Gasteiger partial charge in [0.05, 0.1) is 13.6 Å². The molecule has 0 aromatic carbocycles. The highest BCUT2D eigenvalue weighted by atomic mass is 16.7. The van der Waals surface area contributed by atoms with Crippen molar-refractivity contribution in [3.8, 4) is 0 Å². The van der Waals surface area contributed by atoms with Gasteiger partial charge < -0.3 is 14.6 Å². The average molecular weight is 491 g/mol. The van der Waals surface area contributed by atoms with Crippen LogP contribution < -0.4 is 0 Å². The van der Waals surface area contributed by atoms with E-state index in [-0.39, 0.29) is 23.7 Å². The van der Waals surface area contributed by atoms with E-state index in [1.54, 1.807) is 0 Å². The molecule has 202 valence electrons. The second-order valence-electron chi connectivity index (χ2n) is 14.3. The van der Waals surface area contributed by atoms with Crippen molar-refractivity contribution in [2.45, 2.75) is 143 Å². The van der Waals surface area contributed by atoms with Crippen LogP contribution in [-0.4, -0.2) is 30.2 Å². The number of ether oxygens (including phenoxy) is 2. The zero-order valence-corrected chi connectivity index (χ0v) is 23.4. The van der Waals surface area contributed by atoms with Crippen molar-refractivity contribution in [1.29, 1.82) is 0 Å². The summed E-state index contributed by atoms with van der Waals surface area (Å²) in [5, 5.41) is 11.6. The summed E-state index contributed by atoms with van der Waals surface area (Å²) in [6, 6.07) is 0. The molecular formula is C32H56O3. The Bertz CT molecular complexity index is 786. The van der Waals surface area contributed by atoms with E-state index >= 15 is 0 Å². The summed E-state index contributed by atoms with van der Waals surface area (Å²) in [5.41, 5.74) is 0.329. The standard InChI is InChI=1S/C32H56O3/c1-21(2)9-8-10-22(3)25-12-13-26-24-20-29(33)28-19-23(35-30-11-6-7-18-34-30)14-16-32(28,5)27(24)15-17-31(25,26)4/h21-30,33H,6-20H2,1-5H3/t22-,23+,24+,25-,26+,27+,28-,29-,30?,31-,32-/m1/s1/i14D,23D/t14-,22-,23+,24+,25-,26+,27+,28-,29-,30?,31-,32-. The van der Waals surface area contributed by atoms with Crippen LogP contribution in [-0.2, 0) is 9.47 Å². The highest BCUT2D eigenvalue weighted by molar-refractivity contribution is 5.11. The van der Waals surface area contributed by atoms with Gasteiger partial charge in [-0.05, 0) is 123 Å². The van der Waals surface area contributed by atoms with Crippen LogP contribution in [0.4, 0.5) is 0 Å². The molecule has 3 heteroatoms. The van der Waals surface area contributed by atoms with E-state index < -0.39 is 12.5 Å². The quantitative estimate of drug-likeness (QED) is 0.368. The summed E-state index contributed by atoms with van der Waals surface area (Å²) in [6.45, 7) is 12.9. The highest BCUT2D eigenvalue weighted by Crippen LogP contribution is 2.68. The van der Waals surface area contributed by atoms with Crippen molar-refractivity contribution >= 4 is 0 Å². The maximum absolute atomic E-state index is 11.6. The van der Waals surface area contributed by atoms with Gasteiger partial charge in [-0.25, -0.2) is 0 Å². The Kier molecular flexibility index (Phi) is 7.23. The first-order chi connectivity index (χ1) is 17.5. The number of aliphatic hydroxyl groups is 1. The number of hydrogen-bond donors (Lipinski definition) is 1. The van der Waals surface area contributed by atoms with Gasteiger partial charge in [-0.2, -0.15) is 0 Å². The van der Waals surface area contributed by atoms with Crippen LogP contribution in [0, 0.1) is 52.3 Å². The lowest BCUT2D eigenvalue weighted by Gasteiger charge is -2.62. The second kappa shape index (κ2) is 10.6. The van der Waals surface area contributed by atoms with Crippen molar-refractivity contribution in [1.82, 2.24) is 0 Å². The Hall–Kier alpha value is -0.120. The largest absolute Gasteiger partial charge is 0.393 e. The third kappa shape index (κ3) is 5.01. The predicted molar refractivity (Wildman–Crippen MR) is 143 cm³/mol. The van der Waals surface area contributed by atoms with Crippen LogP contribution in [0.25, 0.3) is 0 Å². The van der Waals surface area contributed by atoms with E-state index in [9.17, 15) is 6.48 Å². The van der Waals surface area contributed by atoms with Gasteiger partial charge in [-0.15, -0.1) is 0 Å². The summed E-state index contributed by atoms with van der Waals surface area (Å²) in [4.78, 5) is 0. The first-order valence-corrected chi connectivity index (χ1v) is 15.4. The summed E-state index contributed by atoms with van der Waals surface area (Å²) in [6.07, 6.45) is 11.6. The lowest BCUT2D eigenvalue weighted by atomic mass is 9.43. The molecule has 0 aromatic rings. The lowest BCUT2D eigenvalue weighted by Crippen LogP contribution is -2.58. The molecule has 0 radical (unpaired) electrons. The lowest BCUT2D eigenvalue weighted by molar-refractivity contribution is -0.224. The fraction of sp³-hybridized carbons (Fsp3) is 1.00. The molecule has 0 amide bonds. The van der Waals surface area contributed by atoms with Gasteiger partial charge >= 0.3 is 0 Å². The summed E-state index contributed by atoms with van der Waals surface area (Å²) >= 11 is 0. The fourth-order valence-corrected chi connectivity index (χ4v) is 9.99. The van der Waals surface area contributed by atoms with Crippen molar-refractivity contribution in [3.63, 3.8) is 0 Å². The summed E-state index contributed by atoms with van der Waals surface area (Å²) in [5.74, 6) is 4.29. The van der Waals surface area contributed by atoms with Gasteiger partial charge in [-0.3, -0.25) is 0 Å². The van der Waals surface area contributed by atoms with Crippen LogP contribution in [0.2, 0.25) is 0 Å². The molecule has 0 spiro atoms. The van der Waals surface area contributed by atoms with Gasteiger partial charge in [0.1, 0.15) is 0 Å². The minimum atomic E-state index is -1.27. The monoisotopic (exact) mass is 490 g/mol. The van der Waals surface area contributed by atoms with Crippen LogP contribution >= 0.6 is 0 Å². The molecule has 0 bridgehead atoms. The predicted octanol–water partition coefficient (Wildman–Crippen LogP) is 7.99. The Morgan fingerprint density at radius 2 is 1.77 bits per heavy atom. The summed E-state index contributed by atoms with van der Waals surface area (Å²) in [7, 11) is 0. The smallest absolute Gasteiger partial charge is 0.157 e. The maximum atomic E-state index is 11.6. The molecule has 1 saturated heterocycles. The minimum absolute atomic E-state index is 0.0490. The average Bonchev–Trinajstić information content (AvgIpc) is 3.19. The molecular weight excluding hydrogens is 432 g/mol. The molecule has 4 saturated carbocycles. The number of rotatable bonds is 7. The van der Waals surface area contributed by atoms with Crippen molar-refractivity contribution in [3.05, 3.63) is 0 Å². The molecule has 4 aliphatic carbocycles. The molecule has 3 nitrogen and oxygen atoms in total. The van der Waals surface area contributed by atoms with Gasteiger partial charge in [-0.1, -0.05) is 53.9 Å². The molecule has 35 heavy (non-hydrogen) atoms. The molecule has 1 aliphatic heterocycles.